The zero-order chi connectivity index (χ0) is 9.19. The molecule has 12 heavy (non-hydrogen) atoms. The maximum absolute atomic E-state index is 8.40. The van der Waals surface area contributed by atoms with Crippen LogP contribution < -0.4 is 0 Å². The van der Waals surface area contributed by atoms with E-state index in [1.807, 2.05) is 6.07 Å². The lowest BCUT2D eigenvalue weighted by Gasteiger charge is -2.21. The Labute approximate surface area is 73.1 Å². The number of nitriles is 1. The zero-order valence-corrected chi connectivity index (χ0v) is 7.79. The van der Waals surface area contributed by atoms with Crippen molar-refractivity contribution in [1.82, 2.24) is 0 Å². The molecule has 3 nitrogen and oxygen atoms in total. The highest BCUT2D eigenvalue weighted by Crippen LogP contribution is 2.26. The molecule has 0 radical (unpaired) electrons. The van der Waals surface area contributed by atoms with E-state index in [2.05, 4.69) is 25.8 Å². The Bertz CT molecular complexity index is 232. The second-order valence-corrected chi connectivity index (χ2v) is 4.05. The first-order chi connectivity index (χ1) is 5.54. The fourth-order valence-electron chi connectivity index (χ4n) is 1.03. The molecule has 1 rings (SSSR count). The van der Waals surface area contributed by atoms with E-state index in [4.69, 9.17) is 10.00 Å². The van der Waals surface area contributed by atoms with Gasteiger partial charge in [-0.2, -0.15) is 5.26 Å². The van der Waals surface area contributed by atoms with E-state index in [0.29, 0.717) is 18.9 Å². The van der Waals surface area contributed by atoms with E-state index < -0.39 is 0 Å². The number of hydrogen-bond donors (Lipinski definition) is 0. The quantitative estimate of drug-likeness (QED) is 0.595. The van der Waals surface area contributed by atoms with Gasteiger partial charge in [-0.15, -0.1) is 0 Å². The third kappa shape index (κ3) is 1.97. The standard InChI is InChI=1S/C9H14N2O/c1-9(2,3)7-6-12-8(11-7)4-5-10/h7H,4,6H2,1-3H3. The van der Waals surface area contributed by atoms with Crippen LogP contribution in [0.5, 0.6) is 0 Å². The Balaban J connectivity index is 2.60. The third-order valence-electron chi connectivity index (χ3n) is 1.94. The predicted molar refractivity (Wildman–Crippen MR) is 46.9 cm³/mol. The first kappa shape index (κ1) is 9.05. The molecule has 1 atom stereocenters. The van der Waals surface area contributed by atoms with E-state index in [1.165, 1.54) is 0 Å². The molecule has 0 aromatic rings. The molecule has 0 aromatic heterocycles. The first-order valence-electron chi connectivity index (χ1n) is 4.10. The second-order valence-electron chi connectivity index (χ2n) is 4.05. The Morgan fingerprint density at radius 3 is 2.75 bits per heavy atom. The second kappa shape index (κ2) is 3.14. The number of nitrogens with zero attached hydrogens (tertiary/aromatic N) is 2. The fourth-order valence-corrected chi connectivity index (χ4v) is 1.03. The predicted octanol–water partition coefficient (Wildman–Crippen LogP) is 1.74. The average Bonchev–Trinajstić information content (AvgIpc) is 2.35. The lowest BCUT2D eigenvalue weighted by atomic mass is 9.88. The molecule has 0 aromatic carbocycles. The molecular formula is C9H14N2O. The zero-order valence-electron chi connectivity index (χ0n) is 7.79. The van der Waals surface area contributed by atoms with Crippen LogP contribution in [0.3, 0.4) is 0 Å². The number of aliphatic imine (C=N–C) groups is 1. The summed E-state index contributed by atoms with van der Waals surface area (Å²) in [6, 6.07) is 2.23. The van der Waals surface area contributed by atoms with Gasteiger partial charge >= 0.3 is 0 Å². The largest absolute Gasteiger partial charge is 0.478 e. The smallest absolute Gasteiger partial charge is 0.198 e. The van der Waals surface area contributed by atoms with Crippen molar-refractivity contribution in [2.24, 2.45) is 10.4 Å². The van der Waals surface area contributed by atoms with Crippen LogP contribution in [-0.2, 0) is 4.74 Å². The minimum atomic E-state index is 0.136. The summed E-state index contributed by atoms with van der Waals surface area (Å²) < 4.78 is 5.26. The Morgan fingerprint density at radius 1 is 1.67 bits per heavy atom. The summed E-state index contributed by atoms with van der Waals surface area (Å²) in [4.78, 5) is 4.32. The van der Waals surface area contributed by atoms with Gasteiger partial charge in [-0.1, -0.05) is 20.8 Å². The van der Waals surface area contributed by atoms with Crippen LogP contribution >= 0.6 is 0 Å². The highest BCUT2D eigenvalue weighted by atomic mass is 16.5. The van der Waals surface area contributed by atoms with Gasteiger partial charge in [0.15, 0.2) is 5.90 Å². The number of rotatable bonds is 1. The van der Waals surface area contributed by atoms with Crippen LogP contribution in [0, 0.1) is 16.7 Å². The van der Waals surface area contributed by atoms with Gasteiger partial charge in [-0.25, -0.2) is 4.99 Å². The molecular weight excluding hydrogens is 152 g/mol. The van der Waals surface area contributed by atoms with Gasteiger partial charge in [0.2, 0.25) is 0 Å². The van der Waals surface area contributed by atoms with E-state index in [0.717, 1.165) is 0 Å². The Morgan fingerprint density at radius 2 is 2.33 bits per heavy atom. The molecule has 0 saturated heterocycles. The summed E-state index contributed by atoms with van der Waals surface area (Å²) in [5.74, 6) is 0.595. The fraction of sp³-hybridized carbons (Fsp3) is 0.778. The molecule has 1 aliphatic heterocycles. The first-order valence-corrected chi connectivity index (χ1v) is 4.10. The van der Waals surface area contributed by atoms with Crippen LogP contribution in [0.15, 0.2) is 4.99 Å². The summed E-state index contributed by atoms with van der Waals surface area (Å²) in [7, 11) is 0. The van der Waals surface area contributed by atoms with Gasteiger partial charge in [0.05, 0.1) is 12.1 Å². The topological polar surface area (TPSA) is 45.4 Å². The van der Waals surface area contributed by atoms with Crippen molar-refractivity contribution < 1.29 is 4.74 Å². The maximum Gasteiger partial charge on any atom is 0.198 e. The molecule has 66 valence electrons. The van der Waals surface area contributed by atoms with Crippen LogP contribution in [0.2, 0.25) is 0 Å². The van der Waals surface area contributed by atoms with Crippen LogP contribution in [-0.4, -0.2) is 18.5 Å². The maximum atomic E-state index is 8.40. The number of hydrogen-bond acceptors (Lipinski definition) is 3. The summed E-state index contributed by atoms with van der Waals surface area (Å²) in [5.41, 5.74) is 0.136. The van der Waals surface area contributed by atoms with E-state index in [1.54, 1.807) is 0 Å². The highest BCUT2D eigenvalue weighted by molar-refractivity contribution is 5.79. The highest BCUT2D eigenvalue weighted by Gasteiger charge is 2.29. The lowest BCUT2D eigenvalue weighted by molar-refractivity contribution is 0.234. The Kier molecular flexibility index (Phi) is 2.37. The van der Waals surface area contributed by atoms with Gasteiger partial charge in [-0.05, 0) is 5.41 Å². The molecule has 0 amide bonds. The summed E-state index contributed by atoms with van der Waals surface area (Å²) in [5, 5.41) is 8.40. The molecule has 0 spiro atoms. The summed E-state index contributed by atoms with van der Waals surface area (Å²) >= 11 is 0. The summed E-state index contributed by atoms with van der Waals surface area (Å²) in [6.07, 6.45) is 0.298. The minimum absolute atomic E-state index is 0.136. The van der Waals surface area contributed by atoms with E-state index in [-0.39, 0.29) is 11.5 Å². The molecule has 0 bridgehead atoms. The van der Waals surface area contributed by atoms with E-state index in [9.17, 15) is 0 Å². The van der Waals surface area contributed by atoms with E-state index >= 15 is 0 Å². The van der Waals surface area contributed by atoms with Gasteiger partial charge in [0.1, 0.15) is 13.0 Å². The molecule has 0 saturated carbocycles. The third-order valence-corrected chi connectivity index (χ3v) is 1.94. The SMILES string of the molecule is CC(C)(C)C1COC(CC#N)=N1. The molecule has 0 N–H and O–H groups in total. The monoisotopic (exact) mass is 166 g/mol. The van der Waals surface area contributed by atoms with Crippen molar-refractivity contribution in [2.45, 2.75) is 33.2 Å². The van der Waals surface area contributed by atoms with Gasteiger partial charge in [0.25, 0.3) is 0 Å². The lowest BCUT2D eigenvalue weighted by Crippen LogP contribution is -2.25. The van der Waals surface area contributed by atoms with Crippen LogP contribution in [0.4, 0.5) is 0 Å². The van der Waals surface area contributed by atoms with Gasteiger partial charge in [-0.3, -0.25) is 0 Å². The number of ether oxygens (including phenoxy) is 1. The van der Waals surface area contributed by atoms with Gasteiger partial charge in [0, 0.05) is 0 Å². The van der Waals surface area contributed by atoms with Gasteiger partial charge < -0.3 is 4.74 Å². The summed E-state index contributed by atoms with van der Waals surface area (Å²) in [6.45, 7) is 7.00. The van der Waals surface area contributed by atoms with Crippen LogP contribution in [0.25, 0.3) is 0 Å². The van der Waals surface area contributed by atoms with Crippen molar-refractivity contribution in [3.05, 3.63) is 0 Å². The minimum Gasteiger partial charge on any atom is -0.478 e. The van der Waals surface area contributed by atoms with Crippen molar-refractivity contribution in [2.75, 3.05) is 6.61 Å². The Hall–Kier alpha value is -1.04. The molecule has 1 heterocycles. The molecule has 3 heteroatoms. The molecule has 1 unspecified atom stereocenters. The molecule has 0 aliphatic carbocycles. The van der Waals surface area contributed by atoms with Crippen molar-refractivity contribution in [1.29, 1.82) is 5.26 Å². The van der Waals surface area contributed by atoms with Crippen molar-refractivity contribution >= 4 is 5.90 Å². The molecule has 1 aliphatic rings. The average molecular weight is 166 g/mol. The van der Waals surface area contributed by atoms with Crippen LogP contribution in [0.1, 0.15) is 27.2 Å². The van der Waals surface area contributed by atoms with Crippen molar-refractivity contribution in [3.8, 4) is 6.07 Å². The normalized spacial score (nSPS) is 22.8. The molecule has 0 fully saturated rings. The van der Waals surface area contributed by atoms with Crippen molar-refractivity contribution in [3.63, 3.8) is 0 Å².